The number of thiophene rings is 1. The second kappa shape index (κ2) is 10.6. The number of amides is 1. The van der Waals surface area contributed by atoms with Gasteiger partial charge in [0.1, 0.15) is 5.00 Å². The fourth-order valence-corrected chi connectivity index (χ4v) is 5.85. The molecule has 2 heterocycles. The number of rotatable bonds is 6. The monoisotopic (exact) mass is 509 g/mol. The van der Waals surface area contributed by atoms with Crippen molar-refractivity contribution in [1.82, 2.24) is 4.90 Å². The third-order valence-corrected chi connectivity index (χ3v) is 7.46. The minimum Gasteiger partial charge on any atom is -0.459 e. The van der Waals surface area contributed by atoms with Crippen LogP contribution in [0.15, 0.2) is 24.3 Å². The number of halogens is 3. The van der Waals surface area contributed by atoms with Gasteiger partial charge in [-0.2, -0.15) is 13.2 Å². The fraction of sp³-hybridized carbons (Fsp3) is 0.520. The number of nitrogens with zero attached hydrogens (tertiary/aromatic N) is 2. The number of benzene rings is 1. The molecule has 1 saturated heterocycles. The SMILES string of the molecule is CC(C)OC(=O)c1c(NC(=O)CN2CCN(c3cccc(C(F)(F)F)c3)CC2)sc2c1CCCC2. The van der Waals surface area contributed by atoms with Crippen molar-refractivity contribution in [2.45, 2.75) is 51.8 Å². The fourth-order valence-electron chi connectivity index (χ4n) is 4.56. The zero-order valence-corrected chi connectivity index (χ0v) is 20.7. The molecule has 10 heteroatoms. The number of nitrogens with one attached hydrogen (secondary N) is 1. The molecule has 6 nitrogen and oxygen atoms in total. The first-order valence-electron chi connectivity index (χ1n) is 11.9. The molecule has 1 aromatic heterocycles. The average Bonchev–Trinajstić information content (AvgIpc) is 3.16. The highest BCUT2D eigenvalue weighted by Crippen LogP contribution is 2.39. The van der Waals surface area contributed by atoms with E-state index in [0.29, 0.717) is 42.4 Å². The lowest BCUT2D eigenvalue weighted by molar-refractivity contribution is -0.137. The molecule has 2 aromatic rings. The lowest BCUT2D eigenvalue weighted by Crippen LogP contribution is -2.48. The number of fused-ring (bicyclic) bond motifs is 1. The van der Waals surface area contributed by atoms with Crippen molar-refractivity contribution in [3.05, 3.63) is 45.8 Å². The molecule has 0 atom stereocenters. The van der Waals surface area contributed by atoms with Crippen molar-refractivity contribution < 1.29 is 27.5 Å². The third-order valence-electron chi connectivity index (χ3n) is 6.25. The van der Waals surface area contributed by atoms with Crippen molar-refractivity contribution in [3.8, 4) is 0 Å². The first-order chi connectivity index (χ1) is 16.6. The topological polar surface area (TPSA) is 61.9 Å². The molecule has 4 rings (SSSR count). The van der Waals surface area contributed by atoms with Crippen LogP contribution in [0.1, 0.15) is 53.1 Å². The van der Waals surface area contributed by atoms with E-state index in [1.54, 1.807) is 19.9 Å². The lowest BCUT2D eigenvalue weighted by Gasteiger charge is -2.36. The third kappa shape index (κ3) is 6.16. The van der Waals surface area contributed by atoms with E-state index < -0.39 is 17.7 Å². The summed E-state index contributed by atoms with van der Waals surface area (Å²) in [5, 5.41) is 3.49. The maximum Gasteiger partial charge on any atom is 0.416 e. The maximum absolute atomic E-state index is 13.0. The molecule has 2 aliphatic rings. The Bertz CT molecular complexity index is 1080. The van der Waals surface area contributed by atoms with Gasteiger partial charge in [-0.3, -0.25) is 9.69 Å². The minimum atomic E-state index is -4.38. The van der Waals surface area contributed by atoms with Gasteiger partial charge in [0.15, 0.2) is 0 Å². The van der Waals surface area contributed by atoms with Crippen LogP contribution < -0.4 is 10.2 Å². The number of ether oxygens (including phenoxy) is 1. The second-order valence-electron chi connectivity index (χ2n) is 9.23. The van der Waals surface area contributed by atoms with E-state index in [4.69, 9.17) is 4.74 Å². The summed E-state index contributed by atoms with van der Waals surface area (Å²) < 4.78 is 44.6. The largest absolute Gasteiger partial charge is 0.459 e. The minimum absolute atomic E-state index is 0.150. The Kier molecular flexibility index (Phi) is 7.70. The summed E-state index contributed by atoms with van der Waals surface area (Å²) in [4.78, 5) is 30.7. The molecular formula is C25H30F3N3O3S. The Morgan fingerprint density at radius 3 is 2.51 bits per heavy atom. The molecule has 1 fully saturated rings. The summed E-state index contributed by atoms with van der Waals surface area (Å²) >= 11 is 1.46. The van der Waals surface area contributed by atoms with Gasteiger partial charge in [0.25, 0.3) is 0 Å². The molecule has 1 aromatic carbocycles. The molecule has 190 valence electrons. The number of carbonyl (C=O) groups excluding carboxylic acids is 2. The molecule has 0 unspecified atom stereocenters. The van der Waals surface area contributed by atoms with Gasteiger partial charge in [-0.15, -0.1) is 11.3 Å². The van der Waals surface area contributed by atoms with Gasteiger partial charge in [0.2, 0.25) is 5.91 Å². The Labute approximate surface area is 207 Å². The van der Waals surface area contributed by atoms with Crippen molar-refractivity contribution in [3.63, 3.8) is 0 Å². The molecule has 0 saturated carbocycles. The number of piperazine rings is 1. The van der Waals surface area contributed by atoms with Crippen molar-refractivity contribution in [2.75, 3.05) is 42.9 Å². The molecule has 35 heavy (non-hydrogen) atoms. The van der Waals surface area contributed by atoms with Crippen LogP contribution >= 0.6 is 11.3 Å². The number of alkyl halides is 3. The molecular weight excluding hydrogens is 479 g/mol. The maximum atomic E-state index is 13.0. The van der Waals surface area contributed by atoms with Crippen LogP contribution in [0.2, 0.25) is 0 Å². The Morgan fingerprint density at radius 1 is 1.11 bits per heavy atom. The summed E-state index contributed by atoms with van der Waals surface area (Å²) in [5.74, 6) is -0.612. The van der Waals surface area contributed by atoms with Gasteiger partial charge in [-0.25, -0.2) is 4.79 Å². The number of esters is 1. The Morgan fingerprint density at radius 2 is 1.83 bits per heavy atom. The van der Waals surface area contributed by atoms with Crippen LogP contribution in [0.25, 0.3) is 0 Å². The predicted molar refractivity (Wildman–Crippen MR) is 130 cm³/mol. The first-order valence-corrected chi connectivity index (χ1v) is 12.7. The number of carbonyl (C=O) groups is 2. The summed E-state index contributed by atoms with van der Waals surface area (Å²) in [6.45, 7) is 5.89. The molecule has 0 spiro atoms. The quantitative estimate of drug-likeness (QED) is 0.557. The standard InChI is InChI=1S/C25H30F3N3O3S/c1-16(2)34-24(33)22-19-8-3-4-9-20(19)35-23(22)29-21(32)15-30-10-12-31(13-11-30)18-7-5-6-17(14-18)25(26,27)28/h5-7,14,16H,3-4,8-13,15H2,1-2H3,(H,29,32). The molecule has 1 aliphatic carbocycles. The van der Waals surface area contributed by atoms with Crippen molar-refractivity contribution in [1.29, 1.82) is 0 Å². The lowest BCUT2D eigenvalue weighted by atomic mass is 9.95. The molecule has 1 amide bonds. The molecule has 0 bridgehead atoms. The highest BCUT2D eigenvalue weighted by molar-refractivity contribution is 7.17. The highest BCUT2D eigenvalue weighted by atomic mass is 32.1. The van der Waals surface area contributed by atoms with Gasteiger partial charge in [0.05, 0.1) is 23.8 Å². The van der Waals surface area contributed by atoms with Gasteiger partial charge in [-0.1, -0.05) is 6.07 Å². The van der Waals surface area contributed by atoms with Crippen LogP contribution in [0.3, 0.4) is 0 Å². The zero-order valence-electron chi connectivity index (χ0n) is 19.9. The van der Waals surface area contributed by atoms with Crippen LogP contribution in [0, 0.1) is 0 Å². The normalized spacial score (nSPS) is 16.8. The summed E-state index contributed by atoms with van der Waals surface area (Å²) in [6.07, 6.45) is -0.849. The number of anilines is 2. The Balaban J connectivity index is 1.37. The smallest absolute Gasteiger partial charge is 0.416 e. The van der Waals surface area contributed by atoms with E-state index in [-0.39, 0.29) is 18.6 Å². The predicted octanol–water partition coefficient (Wildman–Crippen LogP) is 4.97. The van der Waals surface area contributed by atoms with E-state index in [9.17, 15) is 22.8 Å². The van der Waals surface area contributed by atoms with E-state index in [2.05, 4.69) is 5.32 Å². The van der Waals surface area contributed by atoms with Gasteiger partial charge in [-0.05, 0) is 63.3 Å². The van der Waals surface area contributed by atoms with Crippen molar-refractivity contribution in [2.24, 2.45) is 0 Å². The van der Waals surface area contributed by atoms with Crippen LogP contribution in [-0.2, 0) is 28.5 Å². The van der Waals surface area contributed by atoms with Gasteiger partial charge in [0, 0.05) is 36.7 Å². The van der Waals surface area contributed by atoms with Gasteiger partial charge >= 0.3 is 12.1 Å². The number of aryl methyl sites for hydroxylation is 1. The average molecular weight is 510 g/mol. The molecule has 0 radical (unpaired) electrons. The summed E-state index contributed by atoms with van der Waals surface area (Å²) in [7, 11) is 0. The van der Waals surface area contributed by atoms with Crippen LogP contribution in [0.5, 0.6) is 0 Å². The zero-order chi connectivity index (χ0) is 25.2. The Hall–Kier alpha value is -2.59. The van der Waals surface area contributed by atoms with E-state index >= 15 is 0 Å². The molecule has 1 aliphatic heterocycles. The second-order valence-corrected chi connectivity index (χ2v) is 10.3. The van der Waals surface area contributed by atoms with E-state index in [0.717, 1.165) is 42.2 Å². The molecule has 1 N–H and O–H groups in total. The van der Waals surface area contributed by atoms with E-state index in [1.165, 1.54) is 23.5 Å². The summed E-state index contributed by atoms with van der Waals surface area (Å²) in [5.41, 5.74) is 1.35. The first kappa shape index (κ1) is 25.5. The summed E-state index contributed by atoms with van der Waals surface area (Å²) in [6, 6.07) is 5.32. The van der Waals surface area contributed by atoms with Crippen molar-refractivity contribution >= 4 is 33.9 Å². The van der Waals surface area contributed by atoms with Gasteiger partial charge < -0.3 is 15.0 Å². The van der Waals surface area contributed by atoms with Crippen LogP contribution in [-0.4, -0.2) is 55.6 Å². The van der Waals surface area contributed by atoms with Crippen LogP contribution in [0.4, 0.5) is 23.9 Å². The van der Waals surface area contributed by atoms with E-state index in [1.807, 2.05) is 9.80 Å². The number of hydrogen-bond donors (Lipinski definition) is 1. The number of hydrogen-bond acceptors (Lipinski definition) is 6. The highest BCUT2D eigenvalue weighted by Gasteiger charge is 2.31.